The smallest absolute Gasteiger partial charge is 0.306 e. The fraction of sp³-hybridized carbons (Fsp3) is 0.821. The van der Waals surface area contributed by atoms with Crippen LogP contribution in [0, 0.1) is 11.8 Å². The molecular weight excluding hydrogens is 492 g/mol. The largest absolute Gasteiger partial charge is 0.460 e. The number of aliphatic hydroxyl groups excluding tert-OH is 2. The predicted octanol–water partition coefficient (Wildman–Crippen LogP) is 1.57. The first-order valence-electron chi connectivity index (χ1n) is 14.2. The molecule has 0 bridgehead atoms. The number of rotatable bonds is 9. The summed E-state index contributed by atoms with van der Waals surface area (Å²) in [6, 6.07) is -1.29. The summed E-state index contributed by atoms with van der Waals surface area (Å²) in [4.78, 5) is 40.3. The summed E-state index contributed by atoms with van der Waals surface area (Å²) in [7, 11) is 0. The van der Waals surface area contributed by atoms with Gasteiger partial charge in [-0.1, -0.05) is 0 Å². The van der Waals surface area contributed by atoms with Crippen molar-refractivity contribution in [3.63, 3.8) is 0 Å². The summed E-state index contributed by atoms with van der Waals surface area (Å²) in [5.74, 6) is -0.915. The van der Waals surface area contributed by atoms with Gasteiger partial charge in [-0.05, 0) is 71.8 Å². The van der Waals surface area contributed by atoms with E-state index in [4.69, 9.17) is 14.2 Å². The number of amides is 2. The number of esters is 1. The maximum absolute atomic E-state index is 13.6. The average Bonchev–Trinajstić information content (AvgIpc) is 3.79. The van der Waals surface area contributed by atoms with E-state index >= 15 is 0 Å². The van der Waals surface area contributed by atoms with Gasteiger partial charge in [-0.3, -0.25) is 14.4 Å². The molecule has 3 N–H and O–H groups in total. The zero-order valence-corrected chi connectivity index (χ0v) is 22.7. The standard InChI is InChI=1S/C28H42N2O8/c1-27(2,3)37-23(33)11-10-19(15-31)29-25(34)20-5-4-12-30(20)26(35)16-13-21(32)24-22(14-16)36-28(38-24,17-6-7-17)18-8-9-18/h14,17-22,24,31-32H,4-13,15H2,1-3H3,(H,29,34)/t19-,20+,21+,22+,24-/m0/s1. The van der Waals surface area contributed by atoms with Crippen LogP contribution < -0.4 is 5.32 Å². The second-order valence-electron chi connectivity index (χ2n) is 12.6. The molecule has 2 amide bonds. The highest BCUT2D eigenvalue weighted by Gasteiger charge is 2.64. The Kier molecular flexibility index (Phi) is 7.63. The van der Waals surface area contributed by atoms with Crippen LogP contribution in [0.3, 0.4) is 0 Å². The van der Waals surface area contributed by atoms with E-state index in [1.807, 2.05) is 0 Å². The molecule has 10 heteroatoms. The third kappa shape index (κ3) is 5.78. The SMILES string of the molecule is CC(C)(C)OC(=O)CC[C@@H](CO)NC(=O)[C@H]1CCCN1C(=O)C1=C[C@H]2OC(C3CC3)(C3CC3)O[C@H]2[C@H](O)C1. The number of hydrogen-bond donors (Lipinski definition) is 3. The molecule has 0 unspecified atom stereocenters. The van der Waals surface area contributed by atoms with Gasteiger partial charge in [0.15, 0.2) is 5.79 Å². The minimum absolute atomic E-state index is 0.0642. The van der Waals surface area contributed by atoms with Crippen LogP contribution in [0.1, 0.15) is 78.6 Å². The molecule has 0 aromatic heterocycles. The van der Waals surface area contributed by atoms with E-state index in [9.17, 15) is 24.6 Å². The number of carbonyl (C=O) groups excluding carboxylic acids is 3. The summed E-state index contributed by atoms with van der Waals surface area (Å²) in [6.07, 6.45) is 5.94. The van der Waals surface area contributed by atoms with Gasteiger partial charge in [0.2, 0.25) is 11.8 Å². The molecular formula is C28H42N2O8. The molecule has 5 rings (SSSR count). The molecule has 0 radical (unpaired) electrons. The van der Waals surface area contributed by atoms with E-state index in [0.717, 1.165) is 25.7 Å². The first kappa shape index (κ1) is 27.6. The first-order valence-corrected chi connectivity index (χ1v) is 14.2. The minimum Gasteiger partial charge on any atom is -0.460 e. The van der Waals surface area contributed by atoms with Crippen molar-refractivity contribution in [1.82, 2.24) is 10.2 Å². The number of fused-ring (bicyclic) bond motifs is 1. The third-order valence-corrected chi connectivity index (χ3v) is 8.21. The Morgan fingerprint density at radius 3 is 2.45 bits per heavy atom. The Morgan fingerprint density at radius 1 is 1.16 bits per heavy atom. The predicted molar refractivity (Wildman–Crippen MR) is 135 cm³/mol. The molecule has 2 heterocycles. The van der Waals surface area contributed by atoms with E-state index in [0.29, 0.717) is 36.8 Å². The van der Waals surface area contributed by atoms with E-state index in [-0.39, 0.29) is 37.7 Å². The van der Waals surface area contributed by atoms with Crippen molar-refractivity contribution in [3.8, 4) is 0 Å². The number of nitrogens with one attached hydrogen (secondary N) is 1. The van der Waals surface area contributed by atoms with Crippen LogP contribution in [0.5, 0.6) is 0 Å². The maximum Gasteiger partial charge on any atom is 0.306 e. The Morgan fingerprint density at radius 2 is 1.84 bits per heavy atom. The van der Waals surface area contributed by atoms with Crippen molar-refractivity contribution in [3.05, 3.63) is 11.6 Å². The van der Waals surface area contributed by atoms with Gasteiger partial charge in [-0.2, -0.15) is 0 Å². The molecule has 0 aromatic carbocycles. The zero-order chi connectivity index (χ0) is 27.2. The molecule has 38 heavy (non-hydrogen) atoms. The van der Waals surface area contributed by atoms with E-state index in [1.165, 1.54) is 0 Å². The number of hydrogen-bond acceptors (Lipinski definition) is 8. The van der Waals surface area contributed by atoms with Crippen LogP contribution in [0.2, 0.25) is 0 Å². The van der Waals surface area contributed by atoms with Crippen molar-refractivity contribution < 1.29 is 38.8 Å². The van der Waals surface area contributed by atoms with Crippen LogP contribution >= 0.6 is 0 Å². The molecule has 2 aliphatic heterocycles. The zero-order valence-electron chi connectivity index (χ0n) is 22.7. The maximum atomic E-state index is 13.6. The Labute approximate surface area is 224 Å². The second kappa shape index (κ2) is 10.5. The molecule has 0 aromatic rings. The molecule has 5 aliphatic rings. The van der Waals surface area contributed by atoms with Gasteiger partial charge in [0, 0.05) is 36.8 Å². The van der Waals surface area contributed by atoms with Crippen LogP contribution in [0.25, 0.3) is 0 Å². The summed E-state index contributed by atoms with van der Waals surface area (Å²) in [5.41, 5.74) is -0.151. The Hall–Kier alpha value is -2.01. The van der Waals surface area contributed by atoms with E-state index in [1.54, 1.807) is 31.7 Å². The van der Waals surface area contributed by atoms with Gasteiger partial charge in [0.1, 0.15) is 23.9 Å². The molecule has 10 nitrogen and oxygen atoms in total. The Bertz CT molecular complexity index is 954. The van der Waals surface area contributed by atoms with Gasteiger partial charge < -0.3 is 34.6 Å². The highest BCUT2D eigenvalue weighted by molar-refractivity contribution is 5.97. The fourth-order valence-corrected chi connectivity index (χ4v) is 6.13. The number of aliphatic hydroxyl groups is 2. The molecule has 5 atom stereocenters. The fourth-order valence-electron chi connectivity index (χ4n) is 6.13. The summed E-state index contributed by atoms with van der Waals surface area (Å²) in [5, 5.41) is 23.5. The van der Waals surface area contributed by atoms with Gasteiger partial charge >= 0.3 is 5.97 Å². The van der Waals surface area contributed by atoms with Gasteiger partial charge in [0.25, 0.3) is 0 Å². The lowest BCUT2D eigenvalue weighted by Gasteiger charge is -2.31. The van der Waals surface area contributed by atoms with Crippen LogP contribution in [0.15, 0.2) is 11.6 Å². The molecule has 212 valence electrons. The highest BCUT2D eigenvalue weighted by atomic mass is 16.8. The van der Waals surface area contributed by atoms with Crippen molar-refractivity contribution >= 4 is 17.8 Å². The van der Waals surface area contributed by atoms with Crippen LogP contribution in [-0.4, -0.2) is 87.8 Å². The molecule has 2 saturated carbocycles. The molecule has 4 fully saturated rings. The normalized spacial score (nSPS) is 31.4. The van der Waals surface area contributed by atoms with Gasteiger partial charge in [-0.25, -0.2) is 0 Å². The van der Waals surface area contributed by atoms with E-state index in [2.05, 4.69) is 5.32 Å². The van der Waals surface area contributed by atoms with Crippen LogP contribution in [0.4, 0.5) is 0 Å². The quantitative estimate of drug-likeness (QED) is 0.380. The molecule has 2 saturated heterocycles. The topological polar surface area (TPSA) is 135 Å². The monoisotopic (exact) mass is 534 g/mol. The first-order chi connectivity index (χ1) is 18.0. The summed E-state index contributed by atoms with van der Waals surface area (Å²) in [6.45, 7) is 5.46. The third-order valence-electron chi connectivity index (χ3n) is 8.21. The lowest BCUT2D eigenvalue weighted by Crippen LogP contribution is -2.51. The van der Waals surface area contributed by atoms with Crippen molar-refractivity contribution in [1.29, 1.82) is 0 Å². The summed E-state index contributed by atoms with van der Waals surface area (Å²) >= 11 is 0. The summed E-state index contributed by atoms with van der Waals surface area (Å²) < 4.78 is 18.1. The average molecular weight is 535 g/mol. The highest BCUT2D eigenvalue weighted by Crippen LogP contribution is 2.59. The second-order valence-corrected chi connectivity index (χ2v) is 12.6. The van der Waals surface area contributed by atoms with Gasteiger partial charge in [-0.15, -0.1) is 0 Å². The van der Waals surface area contributed by atoms with Gasteiger partial charge in [0.05, 0.1) is 18.8 Å². The lowest BCUT2D eigenvalue weighted by molar-refractivity contribution is -0.209. The lowest BCUT2D eigenvalue weighted by atomic mass is 9.91. The van der Waals surface area contributed by atoms with Crippen molar-refractivity contribution in [2.75, 3.05) is 13.2 Å². The van der Waals surface area contributed by atoms with Crippen molar-refractivity contribution in [2.24, 2.45) is 11.8 Å². The number of nitrogens with zero attached hydrogens (tertiary/aromatic N) is 1. The number of likely N-dealkylation sites (tertiary alicyclic amines) is 1. The molecule has 0 spiro atoms. The number of carbonyl (C=O) groups is 3. The van der Waals surface area contributed by atoms with Crippen LogP contribution in [-0.2, 0) is 28.6 Å². The van der Waals surface area contributed by atoms with Crippen molar-refractivity contribution in [2.45, 2.75) is 120 Å². The molecule has 3 aliphatic carbocycles. The minimum atomic E-state index is -0.843. The van der Waals surface area contributed by atoms with E-state index < -0.39 is 47.8 Å². The Balaban J connectivity index is 1.20. The number of ether oxygens (including phenoxy) is 3.